The summed E-state index contributed by atoms with van der Waals surface area (Å²) in [5.41, 5.74) is 1.54. The zero-order valence-electron chi connectivity index (χ0n) is 9.53. The van der Waals surface area contributed by atoms with Crippen LogP contribution in [0.4, 0.5) is 0 Å². The van der Waals surface area contributed by atoms with Crippen LogP contribution in [0.25, 0.3) is 0 Å². The van der Waals surface area contributed by atoms with E-state index in [1.807, 2.05) is 0 Å². The first kappa shape index (κ1) is 10.5. The lowest BCUT2D eigenvalue weighted by molar-refractivity contribution is 0.158. The minimum Gasteiger partial charge on any atom is -0.508 e. The number of hydrogen-bond donors (Lipinski definition) is 1. The van der Waals surface area contributed by atoms with Gasteiger partial charge in [-0.3, -0.25) is 4.90 Å². The van der Waals surface area contributed by atoms with Crippen molar-refractivity contribution in [3.63, 3.8) is 0 Å². The van der Waals surface area contributed by atoms with Gasteiger partial charge in [-0.2, -0.15) is 0 Å². The molecule has 0 amide bonds. The molecule has 0 aliphatic heterocycles. The summed E-state index contributed by atoms with van der Waals surface area (Å²) < 4.78 is 0. The highest BCUT2D eigenvalue weighted by atomic mass is 16.3. The highest BCUT2D eigenvalue weighted by Crippen LogP contribution is 2.42. The molecule has 0 atom stereocenters. The normalized spacial score (nSPS) is 19.7. The maximum Gasteiger partial charge on any atom is 0.115 e. The second kappa shape index (κ2) is 3.86. The van der Waals surface area contributed by atoms with Gasteiger partial charge < -0.3 is 5.11 Å². The minimum atomic E-state index is 0.202. The van der Waals surface area contributed by atoms with Crippen molar-refractivity contribution in [1.29, 1.82) is 0 Å². The average Bonchev–Trinajstić information content (AvgIpc) is 2.69. The smallest absolute Gasteiger partial charge is 0.115 e. The fraction of sp³-hybridized carbons (Fsp3) is 0.538. The van der Waals surface area contributed by atoms with Gasteiger partial charge in [0.1, 0.15) is 5.75 Å². The van der Waals surface area contributed by atoms with Crippen molar-refractivity contribution in [2.45, 2.75) is 31.2 Å². The summed E-state index contributed by atoms with van der Waals surface area (Å²) in [6, 6.07) is 7.69. The van der Waals surface area contributed by atoms with Gasteiger partial charge in [-0.1, -0.05) is 25.0 Å². The number of aromatic hydroxyl groups is 1. The summed E-state index contributed by atoms with van der Waals surface area (Å²) >= 11 is 0. The second-order valence-electron chi connectivity index (χ2n) is 4.68. The first-order chi connectivity index (χ1) is 7.15. The van der Waals surface area contributed by atoms with Crippen LogP contribution in [0, 0.1) is 0 Å². The Morgan fingerprint density at radius 1 is 1.07 bits per heavy atom. The molecule has 0 bridgehead atoms. The summed E-state index contributed by atoms with van der Waals surface area (Å²) in [5.74, 6) is 0.352. The number of benzene rings is 1. The molecule has 1 aliphatic rings. The Labute approximate surface area is 91.5 Å². The van der Waals surface area contributed by atoms with Crippen LogP contribution in [0.2, 0.25) is 0 Å². The molecule has 0 heterocycles. The van der Waals surface area contributed by atoms with E-state index in [4.69, 9.17) is 0 Å². The third kappa shape index (κ3) is 1.74. The van der Waals surface area contributed by atoms with E-state index in [9.17, 15) is 5.11 Å². The molecule has 1 N–H and O–H groups in total. The number of phenols is 1. The van der Waals surface area contributed by atoms with Gasteiger partial charge in [0, 0.05) is 5.54 Å². The topological polar surface area (TPSA) is 23.5 Å². The SMILES string of the molecule is CN(C)C1(c2ccc(O)cc2)CCCC1. The van der Waals surface area contributed by atoms with Gasteiger partial charge in [0.05, 0.1) is 0 Å². The molecule has 82 valence electrons. The van der Waals surface area contributed by atoms with E-state index in [0.717, 1.165) is 0 Å². The van der Waals surface area contributed by atoms with Crippen LogP contribution >= 0.6 is 0 Å². The van der Waals surface area contributed by atoms with Crippen molar-refractivity contribution in [3.8, 4) is 5.75 Å². The van der Waals surface area contributed by atoms with Crippen LogP contribution in [-0.4, -0.2) is 24.1 Å². The molecule has 1 aliphatic carbocycles. The van der Waals surface area contributed by atoms with E-state index < -0.39 is 0 Å². The number of nitrogens with zero attached hydrogens (tertiary/aromatic N) is 1. The molecule has 2 nitrogen and oxygen atoms in total. The zero-order valence-corrected chi connectivity index (χ0v) is 9.53. The molecule has 0 aromatic heterocycles. The van der Waals surface area contributed by atoms with Crippen LogP contribution in [0.1, 0.15) is 31.2 Å². The maximum atomic E-state index is 9.31. The van der Waals surface area contributed by atoms with Crippen molar-refractivity contribution >= 4 is 0 Å². The van der Waals surface area contributed by atoms with Gasteiger partial charge in [0.15, 0.2) is 0 Å². The van der Waals surface area contributed by atoms with Gasteiger partial charge in [-0.25, -0.2) is 0 Å². The molecule has 1 aromatic rings. The summed E-state index contributed by atoms with van der Waals surface area (Å²) in [6.07, 6.45) is 5.06. The van der Waals surface area contributed by atoms with Crippen LogP contribution < -0.4 is 0 Å². The van der Waals surface area contributed by atoms with E-state index in [2.05, 4.69) is 31.1 Å². The molecule has 0 saturated heterocycles. The van der Waals surface area contributed by atoms with Gasteiger partial charge in [0.2, 0.25) is 0 Å². The molecule has 0 spiro atoms. The van der Waals surface area contributed by atoms with E-state index in [0.29, 0.717) is 5.75 Å². The average molecular weight is 205 g/mol. The first-order valence-electron chi connectivity index (χ1n) is 5.62. The fourth-order valence-corrected chi connectivity index (χ4v) is 2.73. The number of rotatable bonds is 2. The predicted octanol–water partition coefficient (Wildman–Crippen LogP) is 2.72. The molecule has 1 fully saturated rings. The van der Waals surface area contributed by atoms with Crippen LogP contribution in [0.3, 0.4) is 0 Å². The summed E-state index contributed by atoms with van der Waals surface area (Å²) in [6.45, 7) is 0. The lowest BCUT2D eigenvalue weighted by atomic mass is 9.87. The number of hydrogen-bond acceptors (Lipinski definition) is 2. The Hall–Kier alpha value is -1.02. The predicted molar refractivity (Wildman–Crippen MR) is 61.9 cm³/mol. The lowest BCUT2D eigenvalue weighted by Crippen LogP contribution is -2.38. The Morgan fingerprint density at radius 3 is 2.07 bits per heavy atom. The quantitative estimate of drug-likeness (QED) is 0.802. The summed E-state index contributed by atoms with van der Waals surface area (Å²) in [5, 5.41) is 9.31. The van der Waals surface area contributed by atoms with Crippen LogP contribution in [0.15, 0.2) is 24.3 Å². The highest BCUT2D eigenvalue weighted by Gasteiger charge is 2.37. The molecule has 1 aromatic carbocycles. The van der Waals surface area contributed by atoms with Crippen molar-refractivity contribution in [1.82, 2.24) is 4.90 Å². The largest absolute Gasteiger partial charge is 0.508 e. The molecule has 1 saturated carbocycles. The lowest BCUT2D eigenvalue weighted by Gasteiger charge is -2.37. The third-order valence-electron chi connectivity index (χ3n) is 3.69. The van der Waals surface area contributed by atoms with Crippen LogP contribution in [-0.2, 0) is 5.54 Å². The monoisotopic (exact) mass is 205 g/mol. The summed E-state index contributed by atoms with van der Waals surface area (Å²) in [7, 11) is 4.30. The van der Waals surface area contributed by atoms with Gasteiger partial charge in [0.25, 0.3) is 0 Å². The number of phenolic OH excluding ortho intramolecular Hbond substituents is 1. The Kier molecular flexibility index (Phi) is 2.70. The van der Waals surface area contributed by atoms with Crippen molar-refractivity contribution in [3.05, 3.63) is 29.8 Å². The standard InChI is InChI=1S/C13H19NO/c1-14(2)13(9-3-4-10-13)11-5-7-12(15)8-6-11/h5-8,15H,3-4,9-10H2,1-2H3. The Bertz CT molecular complexity index is 323. The first-order valence-corrected chi connectivity index (χ1v) is 5.62. The molecule has 2 heteroatoms. The van der Waals surface area contributed by atoms with E-state index in [1.165, 1.54) is 31.2 Å². The van der Waals surface area contributed by atoms with Crippen LogP contribution in [0.5, 0.6) is 5.75 Å². The fourth-order valence-electron chi connectivity index (χ4n) is 2.73. The van der Waals surface area contributed by atoms with Gasteiger partial charge >= 0.3 is 0 Å². The Balaban J connectivity index is 2.36. The molecular weight excluding hydrogens is 186 g/mol. The van der Waals surface area contributed by atoms with E-state index in [1.54, 1.807) is 12.1 Å². The molecular formula is C13H19NO. The molecule has 0 unspecified atom stereocenters. The van der Waals surface area contributed by atoms with Gasteiger partial charge in [-0.05, 0) is 44.6 Å². The highest BCUT2D eigenvalue weighted by molar-refractivity contribution is 5.31. The van der Waals surface area contributed by atoms with Crippen molar-refractivity contribution in [2.24, 2.45) is 0 Å². The maximum absolute atomic E-state index is 9.31. The zero-order chi connectivity index (χ0) is 10.9. The second-order valence-corrected chi connectivity index (χ2v) is 4.68. The molecule has 2 rings (SSSR count). The van der Waals surface area contributed by atoms with Crippen molar-refractivity contribution < 1.29 is 5.11 Å². The van der Waals surface area contributed by atoms with Gasteiger partial charge in [-0.15, -0.1) is 0 Å². The Morgan fingerprint density at radius 2 is 1.60 bits per heavy atom. The molecule has 15 heavy (non-hydrogen) atoms. The third-order valence-corrected chi connectivity index (χ3v) is 3.69. The minimum absolute atomic E-state index is 0.202. The van der Waals surface area contributed by atoms with E-state index >= 15 is 0 Å². The molecule has 0 radical (unpaired) electrons. The summed E-state index contributed by atoms with van der Waals surface area (Å²) in [4.78, 5) is 2.33. The van der Waals surface area contributed by atoms with E-state index in [-0.39, 0.29) is 5.54 Å². The van der Waals surface area contributed by atoms with Crippen molar-refractivity contribution in [2.75, 3.05) is 14.1 Å².